The SMILES string of the molecule is CN(C)CCCNS(=O)(=O)c1nnc(N)s1. The molecule has 9 heteroatoms. The van der Waals surface area contributed by atoms with Crippen LogP contribution in [-0.2, 0) is 10.0 Å². The molecule has 16 heavy (non-hydrogen) atoms. The summed E-state index contributed by atoms with van der Waals surface area (Å²) in [5.41, 5.74) is 5.32. The lowest BCUT2D eigenvalue weighted by molar-refractivity contribution is 0.400. The zero-order chi connectivity index (χ0) is 12.2. The summed E-state index contributed by atoms with van der Waals surface area (Å²) in [4.78, 5) is 1.98. The Balaban J connectivity index is 2.47. The summed E-state index contributed by atoms with van der Waals surface area (Å²) in [6.45, 7) is 1.20. The monoisotopic (exact) mass is 265 g/mol. The van der Waals surface area contributed by atoms with E-state index in [-0.39, 0.29) is 9.47 Å². The third-order valence-corrected chi connectivity index (χ3v) is 4.31. The molecule has 0 amide bonds. The number of aromatic nitrogens is 2. The van der Waals surface area contributed by atoms with E-state index in [1.54, 1.807) is 0 Å². The molecule has 1 aromatic heterocycles. The average molecular weight is 265 g/mol. The van der Waals surface area contributed by atoms with Crippen LogP contribution >= 0.6 is 11.3 Å². The molecule has 0 radical (unpaired) electrons. The van der Waals surface area contributed by atoms with Crippen molar-refractivity contribution in [3.8, 4) is 0 Å². The fourth-order valence-corrected chi connectivity index (χ4v) is 2.89. The van der Waals surface area contributed by atoms with E-state index in [1.165, 1.54) is 0 Å². The number of hydrogen-bond acceptors (Lipinski definition) is 7. The fraction of sp³-hybridized carbons (Fsp3) is 0.714. The molecule has 92 valence electrons. The van der Waals surface area contributed by atoms with Gasteiger partial charge in [0.25, 0.3) is 10.0 Å². The van der Waals surface area contributed by atoms with Crippen LogP contribution in [0.4, 0.5) is 5.13 Å². The van der Waals surface area contributed by atoms with Crippen LogP contribution in [0.2, 0.25) is 0 Å². The minimum atomic E-state index is -3.54. The molecule has 0 aliphatic rings. The Labute approximate surface area is 98.7 Å². The summed E-state index contributed by atoms with van der Waals surface area (Å²) in [5, 5.41) is 7.09. The molecule has 0 unspecified atom stereocenters. The van der Waals surface area contributed by atoms with E-state index in [0.717, 1.165) is 24.3 Å². The van der Waals surface area contributed by atoms with Crippen molar-refractivity contribution in [1.82, 2.24) is 19.8 Å². The van der Waals surface area contributed by atoms with Crippen LogP contribution in [0.15, 0.2) is 4.34 Å². The van der Waals surface area contributed by atoms with Crippen molar-refractivity contribution in [2.75, 3.05) is 32.9 Å². The highest BCUT2D eigenvalue weighted by atomic mass is 32.2. The first-order valence-electron chi connectivity index (χ1n) is 4.65. The molecule has 0 bridgehead atoms. The number of anilines is 1. The largest absolute Gasteiger partial charge is 0.374 e. The van der Waals surface area contributed by atoms with Crippen LogP contribution in [0.5, 0.6) is 0 Å². The van der Waals surface area contributed by atoms with Crippen molar-refractivity contribution < 1.29 is 8.42 Å². The van der Waals surface area contributed by atoms with Gasteiger partial charge in [0, 0.05) is 6.54 Å². The predicted octanol–water partition coefficient (Wildman–Crippen LogP) is -0.650. The van der Waals surface area contributed by atoms with Gasteiger partial charge in [-0.15, -0.1) is 10.2 Å². The van der Waals surface area contributed by atoms with Gasteiger partial charge in [0.1, 0.15) is 0 Å². The first-order valence-corrected chi connectivity index (χ1v) is 6.95. The zero-order valence-corrected chi connectivity index (χ0v) is 10.8. The second-order valence-corrected chi connectivity index (χ2v) is 6.41. The summed E-state index contributed by atoms with van der Waals surface area (Å²) >= 11 is 0.854. The first kappa shape index (κ1) is 13.3. The molecule has 0 saturated heterocycles. The summed E-state index contributed by atoms with van der Waals surface area (Å²) in [6, 6.07) is 0. The number of sulfonamides is 1. The molecule has 0 saturated carbocycles. The lowest BCUT2D eigenvalue weighted by atomic mass is 10.4. The topological polar surface area (TPSA) is 101 Å². The van der Waals surface area contributed by atoms with Gasteiger partial charge in [-0.2, -0.15) is 0 Å². The van der Waals surface area contributed by atoms with E-state index < -0.39 is 10.0 Å². The maximum atomic E-state index is 11.6. The van der Waals surface area contributed by atoms with Crippen molar-refractivity contribution in [3.05, 3.63) is 0 Å². The van der Waals surface area contributed by atoms with Crippen LogP contribution in [-0.4, -0.2) is 50.7 Å². The van der Waals surface area contributed by atoms with Gasteiger partial charge in [-0.25, -0.2) is 13.1 Å². The molecule has 1 aromatic rings. The molecule has 0 aliphatic carbocycles. The van der Waals surface area contributed by atoms with Crippen LogP contribution in [0.1, 0.15) is 6.42 Å². The Hall–Kier alpha value is -0.770. The maximum absolute atomic E-state index is 11.6. The van der Waals surface area contributed by atoms with E-state index in [0.29, 0.717) is 6.54 Å². The summed E-state index contributed by atoms with van der Waals surface area (Å²) < 4.78 is 25.6. The third-order valence-electron chi connectivity index (χ3n) is 1.73. The van der Waals surface area contributed by atoms with Crippen molar-refractivity contribution in [1.29, 1.82) is 0 Å². The fourth-order valence-electron chi connectivity index (χ4n) is 0.993. The van der Waals surface area contributed by atoms with Gasteiger partial charge in [-0.05, 0) is 27.1 Å². The van der Waals surface area contributed by atoms with Crippen LogP contribution in [0.3, 0.4) is 0 Å². The second kappa shape index (κ2) is 5.53. The van der Waals surface area contributed by atoms with Crippen LogP contribution in [0.25, 0.3) is 0 Å². The third kappa shape index (κ3) is 4.00. The molecular formula is C7H15N5O2S2. The van der Waals surface area contributed by atoms with Crippen molar-refractivity contribution in [3.63, 3.8) is 0 Å². The van der Waals surface area contributed by atoms with Gasteiger partial charge in [0.2, 0.25) is 9.47 Å². The Morgan fingerprint density at radius 1 is 1.44 bits per heavy atom. The summed E-state index contributed by atoms with van der Waals surface area (Å²) in [7, 11) is 0.320. The smallest absolute Gasteiger partial charge is 0.269 e. The predicted molar refractivity (Wildman–Crippen MR) is 62.7 cm³/mol. The van der Waals surface area contributed by atoms with Gasteiger partial charge < -0.3 is 10.6 Å². The van der Waals surface area contributed by atoms with E-state index >= 15 is 0 Å². The molecule has 0 fully saturated rings. The minimum Gasteiger partial charge on any atom is -0.374 e. The Bertz CT molecular complexity index is 428. The Morgan fingerprint density at radius 2 is 2.12 bits per heavy atom. The molecule has 0 atom stereocenters. The standard InChI is InChI=1S/C7H15N5O2S2/c1-12(2)5-3-4-9-16(13,14)7-11-10-6(8)15-7/h9H,3-5H2,1-2H3,(H2,8,10). The van der Waals surface area contributed by atoms with Gasteiger partial charge in [0.15, 0.2) is 0 Å². The lowest BCUT2D eigenvalue weighted by Gasteiger charge is -2.08. The van der Waals surface area contributed by atoms with Crippen LogP contribution < -0.4 is 10.5 Å². The number of nitrogen functional groups attached to an aromatic ring is 1. The average Bonchev–Trinajstić information content (AvgIpc) is 2.60. The molecule has 0 aromatic carbocycles. The number of hydrogen-bond donors (Lipinski definition) is 2. The lowest BCUT2D eigenvalue weighted by Crippen LogP contribution is -2.27. The number of nitrogens with zero attached hydrogens (tertiary/aromatic N) is 3. The van der Waals surface area contributed by atoms with E-state index in [1.807, 2.05) is 19.0 Å². The van der Waals surface area contributed by atoms with Crippen molar-refractivity contribution >= 4 is 26.5 Å². The highest BCUT2D eigenvalue weighted by Crippen LogP contribution is 2.16. The first-order chi connectivity index (χ1) is 7.42. The van der Waals surface area contributed by atoms with Gasteiger partial charge in [-0.1, -0.05) is 11.3 Å². The molecule has 1 heterocycles. The molecule has 0 spiro atoms. The molecular weight excluding hydrogens is 250 g/mol. The van der Waals surface area contributed by atoms with E-state index in [4.69, 9.17) is 5.73 Å². The Kier molecular flexibility index (Phi) is 4.59. The quantitative estimate of drug-likeness (QED) is 0.663. The maximum Gasteiger partial charge on any atom is 0.269 e. The molecule has 0 aliphatic heterocycles. The highest BCUT2D eigenvalue weighted by molar-refractivity contribution is 7.91. The number of rotatable bonds is 6. The highest BCUT2D eigenvalue weighted by Gasteiger charge is 2.18. The van der Waals surface area contributed by atoms with E-state index in [9.17, 15) is 8.42 Å². The number of nitrogens with two attached hydrogens (primary N) is 1. The van der Waals surface area contributed by atoms with E-state index in [2.05, 4.69) is 14.9 Å². The van der Waals surface area contributed by atoms with Crippen molar-refractivity contribution in [2.45, 2.75) is 10.8 Å². The second-order valence-electron chi connectivity index (χ2n) is 3.46. The van der Waals surface area contributed by atoms with Gasteiger partial charge >= 0.3 is 0 Å². The Morgan fingerprint density at radius 3 is 2.62 bits per heavy atom. The molecule has 7 nitrogen and oxygen atoms in total. The minimum absolute atomic E-state index is 0.0881. The zero-order valence-electron chi connectivity index (χ0n) is 9.17. The molecule has 3 N–H and O–H groups in total. The van der Waals surface area contributed by atoms with Crippen LogP contribution in [0, 0.1) is 0 Å². The summed E-state index contributed by atoms with van der Waals surface area (Å²) in [5.74, 6) is 0. The normalized spacial score (nSPS) is 12.2. The molecule has 1 rings (SSSR count). The van der Waals surface area contributed by atoms with Gasteiger partial charge in [0.05, 0.1) is 0 Å². The van der Waals surface area contributed by atoms with Gasteiger partial charge in [-0.3, -0.25) is 0 Å². The summed E-state index contributed by atoms with van der Waals surface area (Å²) in [6.07, 6.45) is 0.737. The number of nitrogens with one attached hydrogen (secondary N) is 1. The van der Waals surface area contributed by atoms with Crippen molar-refractivity contribution in [2.24, 2.45) is 0 Å².